The van der Waals surface area contributed by atoms with E-state index < -0.39 is 10.0 Å². The predicted molar refractivity (Wildman–Crippen MR) is 56.7 cm³/mol. The van der Waals surface area contributed by atoms with Crippen molar-refractivity contribution in [1.82, 2.24) is 4.72 Å². The summed E-state index contributed by atoms with van der Waals surface area (Å²) >= 11 is 0. The Morgan fingerprint density at radius 1 is 1.47 bits per heavy atom. The second-order valence-electron chi connectivity index (χ2n) is 3.18. The van der Waals surface area contributed by atoms with Crippen LogP contribution in [-0.2, 0) is 16.6 Å². The molecule has 0 saturated heterocycles. The molecule has 1 heterocycles. The molecule has 15 heavy (non-hydrogen) atoms. The Hall–Kier alpha value is -0.850. The van der Waals surface area contributed by atoms with Crippen LogP contribution >= 0.6 is 0 Å². The molecular weight excluding hydrogens is 216 g/mol. The van der Waals surface area contributed by atoms with Gasteiger partial charge in [-0.1, -0.05) is 13.3 Å². The summed E-state index contributed by atoms with van der Waals surface area (Å²) in [6, 6.07) is 2.98. The molecule has 0 radical (unpaired) electrons. The summed E-state index contributed by atoms with van der Waals surface area (Å²) in [6.45, 7) is 2.62. The Kier molecular flexibility index (Phi) is 4.31. The second kappa shape index (κ2) is 5.29. The molecule has 5 nitrogen and oxygen atoms in total. The number of furan rings is 1. The van der Waals surface area contributed by atoms with Crippen LogP contribution in [0.3, 0.4) is 0 Å². The number of unbranched alkanes of at least 4 members (excludes halogenated alkanes) is 1. The normalized spacial score (nSPS) is 11.9. The van der Waals surface area contributed by atoms with Crippen LogP contribution in [0.15, 0.2) is 21.6 Å². The summed E-state index contributed by atoms with van der Waals surface area (Å²) in [5.74, 6) is 0.464. The number of nitrogens with one attached hydrogen (secondary N) is 1. The van der Waals surface area contributed by atoms with Gasteiger partial charge in [-0.15, -0.1) is 0 Å². The van der Waals surface area contributed by atoms with Gasteiger partial charge in [0.2, 0.25) is 5.09 Å². The van der Waals surface area contributed by atoms with E-state index in [0.29, 0.717) is 12.3 Å². The molecular formula is C9H16N2O3S. The van der Waals surface area contributed by atoms with Crippen LogP contribution < -0.4 is 10.5 Å². The smallest absolute Gasteiger partial charge is 0.273 e. The SMILES string of the molecule is CCCCNS(=O)(=O)c1ccc(CN)o1. The first-order valence-electron chi connectivity index (χ1n) is 4.88. The molecule has 0 bridgehead atoms. The Bertz CT molecular complexity index is 397. The lowest BCUT2D eigenvalue weighted by molar-refractivity contribution is 0.412. The quantitative estimate of drug-likeness (QED) is 0.711. The molecule has 0 aliphatic heterocycles. The lowest BCUT2D eigenvalue weighted by Gasteiger charge is -2.02. The van der Waals surface area contributed by atoms with Crippen molar-refractivity contribution in [1.29, 1.82) is 0 Å². The highest BCUT2D eigenvalue weighted by Gasteiger charge is 2.17. The Morgan fingerprint density at radius 3 is 2.73 bits per heavy atom. The average Bonchev–Trinajstić information content (AvgIpc) is 2.66. The summed E-state index contributed by atoms with van der Waals surface area (Å²) in [4.78, 5) is 0. The molecule has 0 amide bonds. The topological polar surface area (TPSA) is 85.3 Å². The van der Waals surface area contributed by atoms with Gasteiger partial charge in [0.05, 0.1) is 6.54 Å². The minimum atomic E-state index is -3.49. The third kappa shape index (κ3) is 3.33. The van der Waals surface area contributed by atoms with Gasteiger partial charge in [-0.3, -0.25) is 0 Å². The molecule has 0 aromatic carbocycles. The van der Waals surface area contributed by atoms with E-state index in [1.54, 1.807) is 6.07 Å². The molecule has 0 spiro atoms. The fourth-order valence-electron chi connectivity index (χ4n) is 1.07. The molecule has 86 valence electrons. The monoisotopic (exact) mass is 232 g/mol. The van der Waals surface area contributed by atoms with E-state index in [1.807, 2.05) is 6.92 Å². The van der Waals surface area contributed by atoms with Gasteiger partial charge in [0.25, 0.3) is 10.0 Å². The second-order valence-corrected chi connectivity index (χ2v) is 4.87. The van der Waals surface area contributed by atoms with Crippen molar-refractivity contribution >= 4 is 10.0 Å². The van der Waals surface area contributed by atoms with Gasteiger partial charge in [-0.05, 0) is 18.6 Å². The maximum Gasteiger partial charge on any atom is 0.273 e. The van der Waals surface area contributed by atoms with Gasteiger partial charge in [0.1, 0.15) is 5.76 Å². The van der Waals surface area contributed by atoms with Crippen LogP contribution in [0.2, 0.25) is 0 Å². The highest BCUT2D eigenvalue weighted by Crippen LogP contribution is 2.12. The Labute approximate surface area is 89.7 Å². The zero-order chi connectivity index (χ0) is 11.3. The molecule has 0 saturated carbocycles. The number of hydrogen-bond donors (Lipinski definition) is 2. The van der Waals surface area contributed by atoms with E-state index in [0.717, 1.165) is 12.8 Å². The van der Waals surface area contributed by atoms with Crippen LogP contribution in [-0.4, -0.2) is 15.0 Å². The molecule has 0 fully saturated rings. The van der Waals surface area contributed by atoms with Gasteiger partial charge in [-0.25, -0.2) is 13.1 Å². The average molecular weight is 232 g/mol. The fourth-order valence-corrected chi connectivity index (χ4v) is 2.09. The van der Waals surface area contributed by atoms with E-state index in [9.17, 15) is 8.42 Å². The first-order chi connectivity index (χ1) is 7.10. The van der Waals surface area contributed by atoms with Crippen LogP contribution in [0.5, 0.6) is 0 Å². The zero-order valence-electron chi connectivity index (χ0n) is 8.69. The maximum atomic E-state index is 11.6. The summed E-state index contributed by atoms with van der Waals surface area (Å²) < 4.78 is 30.7. The highest BCUT2D eigenvalue weighted by molar-refractivity contribution is 7.89. The van der Waals surface area contributed by atoms with Gasteiger partial charge < -0.3 is 10.2 Å². The minimum absolute atomic E-state index is 0.0703. The fraction of sp³-hybridized carbons (Fsp3) is 0.556. The first kappa shape index (κ1) is 12.2. The van der Waals surface area contributed by atoms with Gasteiger partial charge in [0, 0.05) is 6.54 Å². The van der Waals surface area contributed by atoms with Crippen molar-refractivity contribution < 1.29 is 12.8 Å². The van der Waals surface area contributed by atoms with Crippen LogP contribution in [0.4, 0.5) is 0 Å². The number of hydrogen-bond acceptors (Lipinski definition) is 4. The van der Waals surface area contributed by atoms with Crippen molar-refractivity contribution in [3.8, 4) is 0 Å². The molecule has 0 unspecified atom stereocenters. The lowest BCUT2D eigenvalue weighted by atomic mass is 10.3. The Balaban J connectivity index is 2.68. The zero-order valence-corrected chi connectivity index (χ0v) is 9.51. The largest absolute Gasteiger partial charge is 0.447 e. The molecule has 0 aliphatic carbocycles. The third-order valence-electron chi connectivity index (χ3n) is 1.93. The molecule has 1 aromatic heterocycles. The summed E-state index contributed by atoms with van der Waals surface area (Å²) in [6.07, 6.45) is 1.75. The van der Waals surface area contributed by atoms with Crippen LogP contribution in [0, 0.1) is 0 Å². The van der Waals surface area contributed by atoms with Crippen molar-refractivity contribution in [3.63, 3.8) is 0 Å². The molecule has 1 rings (SSSR count). The van der Waals surface area contributed by atoms with E-state index >= 15 is 0 Å². The van der Waals surface area contributed by atoms with Crippen LogP contribution in [0.1, 0.15) is 25.5 Å². The number of nitrogens with two attached hydrogens (primary N) is 1. The lowest BCUT2D eigenvalue weighted by Crippen LogP contribution is -2.24. The van der Waals surface area contributed by atoms with Crippen molar-refractivity contribution in [2.24, 2.45) is 5.73 Å². The predicted octanol–water partition coefficient (Wildman–Crippen LogP) is 0.817. The molecule has 6 heteroatoms. The summed E-state index contributed by atoms with van der Waals surface area (Å²) in [7, 11) is -3.49. The number of rotatable bonds is 6. The molecule has 1 aromatic rings. The van der Waals surface area contributed by atoms with Crippen molar-refractivity contribution in [2.45, 2.75) is 31.4 Å². The summed E-state index contributed by atoms with van der Waals surface area (Å²) in [5.41, 5.74) is 5.32. The van der Waals surface area contributed by atoms with E-state index in [4.69, 9.17) is 10.2 Å². The Morgan fingerprint density at radius 2 is 2.20 bits per heavy atom. The third-order valence-corrected chi connectivity index (χ3v) is 3.26. The standard InChI is InChI=1S/C9H16N2O3S/c1-2-3-6-11-15(12,13)9-5-4-8(7-10)14-9/h4-5,11H,2-3,6-7,10H2,1H3. The molecule has 0 aliphatic rings. The van der Waals surface area contributed by atoms with Gasteiger partial charge in [-0.2, -0.15) is 0 Å². The highest BCUT2D eigenvalue weighted by atomic mass is 32.2. The van der Waals surface area contributed by atoms with E-state index in [-0.39, 0.29) is 11.6 Å². The number of sulfonamides is 1. The van der Waals surface area contributed by atoms with Gasteiger partial charge >= 0.3 is 0 Å². The van der Waals surface area contributed by atoms with Gasteiger partial charge in [0.15, 0.2) is 0 Å². The minimum Gasteiger partial charge on any atom is -0.447 e. The van der Waals surface area contributed by atoms with E-state index in [2.05, 4.69) is 4.72 Å². The van der Waals surface area contributed by atoms with E-state index in [1.165, 1.54) is 6.07 Å². The van der Waals surface area contributed by atoms with Crippen molar-refractivity contribution in [3.05, 3.63) is 17.9 Å². The van der Waals surface area contributed by atoms with Crippen LogP contribution in [0.25, 0.3) is 0 Å². The first-order valence-corrected chi connectivity index (χ1v) is 6.37. The summed E-state index contributed by atoms with van der Waals surface area (Å²) in [5, 5.41) is -0.0703. The molecule has 0 atom stereocenters. The van der Waals surface area contributed by atoms with Crippen molar-refractivity contribution in [2.75, 3.05) is 6.54 Å². The maximum absolute atomic E-state index is 11.6. The molecule has 3 N–H and O–H groups in total.